The quantitative estimate of drug-likeness (QED) is 0.453. The molecule has 1 heterocycles. The lowest BCUT2D eigenvalue weighted by molar-refractivity contribution is -0.119. The number of aromatic nitrogens is 2. The van der Waals surface area contributed by atoms with Gasteiger partial charge in [0.15, 0.2) is 0 Å². The molecule has 9 nitrogen and oxygen atoms in total. The third-order valence-electron chi connectivity index (χ3n) is 4.68. The maximum Gasteiger partial charge on any atom is 0.330 e. The van der Waals surface area contributed by atoms with Gasteiger partial charge in [0.25, 0.3) is 5.56 Å². The van der Waals surface area contributed by atoms with Gasteiger partial charge in [0, 0.05) is 13.1 Å². The number of ether oxygens (including phenoxy) is 1. The van der Waals surface area contributed by atoms with Gasteiger partial charge in [0.05, 0.1) is 13.1 Å². The van der Waals surface area contributed by atoms with Crippen molar-refractivity contribution >= 4 is 17.4 Å². The van der Waals surface area contributed by atoms with Crippen LogP contribution < -0.4 is 31.9 Å². The Hall–Kier alpha value is -3.23. The van der Waals surface area contributed by atoms with Crippen LogP contribution in [0.1, 0.15) is 33.3 Å². The fourth-order valence-corrected chi connectivity index (χ4v) is 3.40. The van der Waals surface area contributed by atoms with E-state index < -0.39 is 11.2 Å². The molecule has 1 amide bonds. The predicted molar refractivity (Wildman–Crippen MR) is 127 cm³/mol. The first-order chi connectivity index (χ1) is 15.1. The summed E-state index contributed by atoms with van der Waals surface area (Å²) in [6.07, 6.45) is 0. The standard InChI is InChI=1S/C23H35N5O4/c1-15(2)12-27(20-21(24)28(13-16(3)4)23(31)26-22(20)30)14-19(29)25-9-10-32-18-8-6-7-17(5)11-18/h6-8,11,15-16H,9-10,12-14,24H2,1-5H3,(H,25,29)(H,26,30,31). The van der Waals surface area contributed by atoms with Crippen molar-refractivity contribution < 1.29 is 9.53 Å². The molecule has 0 radical (unpaired) electrons. The van der Waals surface area contributed by atoms with Crippen LogP contribution >= 0.6 is 0 Å². The lowest BCUT2D eigenvalue weighted by atomic mass is 10.2. The van der Waals surface area contributed by atoms with Crippen LogP contribution in [0.3, 0.4) is 0 Å². The van der Waals surface area contributed by atoms with Gasteiger partial charge in [-0.2, -0.15) is 0 Å². The number of rotatable bonds is 11. The molecule has 0 fully saturated rings. The van der Waals surface area contributed by atoms with E-state index in [0.717, 1.165) is 11.3 Å². The Morgan fingerprint density at radius 2 is 1.94 bits per heavy atom. The molecule has 176 valence electrons. The summed E-state index contributed by atoms with van der Waals surface area (Å²) in [6, 6.07) is 7.68. The van der Waals surface area contributed by atoms with Gasteiger partial charge in [-0.25, -0.2) is 4.79 Å². The molecule has 0 atom stereocenters. The Kier molecular flexibility index (Phi) is 8.92. The topological polar surface area (TPSA) is 122 Å². The highest BCUT2D eigenvalue weighted by Crippen LogP contribution is 2.18. The summed E-state index contributed by atoms with van der Waals surface area (Å²) < 4.78 is 7.00. The SMILES string of the molecule is Cc1cccc(OCCNC(=O)CN(CC(C)C)c2c(N)n(CC(C)C)c(=O)[nH]c2=O)c1. The van der Waals surface area contributed by atoms with Gasteiger partial charge in [-0.1, -0.05) is 39.8 Å². The summed E-state index contributed by atoms with van der Waals surface area (Å²) >= 11 is 0. The van der Waals surface area contributed by atoms with E-state index in [2.05, 4.69) is 10.3 Å². The number of nitrogens with two attached hydrogens (primary N) is 1. The third-order valence-corrected chi connectivity index (χ3v) is 4.68. The zero-order valence-electron chi connectivity index (χ0n) is 19.6. The van der Waals surface area contributed by atoms with E-state index in [1.54, 1.807) is 4.90 Å². The molecule has 1 aromatic heterocycles. The molecule has 0 spiro atoms. The van der Waals surface area contributed by atoms with Gasteiger partial charge in [0.2, 0.25) is 5.91 Å². The molecule has 0 saturated heterocycles. The van der Waals surface area contributed by atoms with E-state index in [0.29, 0.717) is 26.2 Å². The molecule has 32 heavy (non-hydrogen) atoms. The zero-order valence-corrected chi connectivity index (χ0v) is 19.6. The van der Waals surface area contributed by atoms with Crippen LogP contribution in [0.4, 0.5) is 11.5 Å². The summed E-state index contributed by atoms with van der Waals surface area (Å²) in [5, 5.41) is 2.81. The van der Waals surface area contributed by atoms with Crippen LogP contribution in [-0.2, 0) is 11.3 Å². The van der Waals surface area contributed by atoms with E-state index in [-0.39, 0.29) is 35.8 Å². The predicted octanol–water partition coefficient (Wildman–Crippen LogP) is 1.74. The van der Waals surface area contributed by atoms with Crippen molar-refractivity contribution in [2.75, 3.05) is 36.9 Å². The molecule has 0 aliphatic rings. The first kappa shape index (κ1) is 25.0. The van der Waals surface area contributed by atoms with Crippen LogP contribution in [0.2, 0.25) is 0 Å². The number of hydrogen-bond donors (Lipinski definition) is 3. The summed E-state index contributed by atoms with van der Waals surface area (Å²) in [4.78, 5) is 41.4. The van der Waals surface area contributed by atoms with Gasteiger partial charge in [0.1, 0.15) is 23.9 Å². The molecular weight excluding hydrogens is 410 g/mol. The molecule has 1 aromatic carbocycles. The molecule has 0 aliphatic carbocycles. The monoisotopic (exact) mass is 445 g/mol. The van der Waals surface area contributed by atoms with Crippen molar-refractivity contribution in [3.63, 3.8) is 0 Å². The highest BCUT2D eigenvalue weighted by atomic mass is 16.5. The van der Waals surface area contributed by atoms with Gasteiger partial charge >= 0.3 is 5.69 Å². The fraction of sp³-hybridized carbons (Fsp3) is 0.522. The summed E-state index contributed by atoms with van der Waals surface area (Å²) in [7, 11) is 0. The lowest BCUT2D eigenvalue weighted by Crippen LogP contribution is -2.45. The molecular formula is C23H35N5O4. The van der Waals surface area contributed by atoms with E-state index in [4.69, 9.17) is 10.5 Å². The number of hydrogen-bond acceptors (Lipinski definition) is 6. The number of anilines is 2. The maximum absolute atomic E-state index is 12.6. The van der Waals surface area contributed by atoms with Crippen molar-refractivity contribution in [1.29, 1.82) is 0 Å². The Morgan fingerprint density at radius 1 is 1.22 bits per heavy atom. The second-order valence-corrected chi connectivity index (χ2v) is 8.79. The molecule has 2 aromatic rings. The number of aromatic amines is 1. The Morgan fingerprint density at radius 3 is 2.56 bits per heavy atom. The average molecular weight is 446 g/mol. The number of benzene rings is 1. The number of nitrogens with zero attached hydrogens (tertiary/aromatic N) is 2. The van der Waals surface area contributed by atoms with Gasteiger partial charge < -0.3 is 20.7 Å². The van der Waals surface area contributed by atoms with Gasteiger partial charge in [-0.05, 0) is 36.5 Å². The zero-order chi connectivity index (χ0) is 23.8. The molecule has 9 heteroatoms. The third kappa shape index (κ3) is 7.18. The van der Waals surface area contributed by atoms with Gasteiger partial charge in [-0.15, -0.1) is 0 Å². The minimum Gasteiger partial charge on any atom is -0.492 e. The van der Waals surface area contributed by atoms with Crippen LogP contribution in [0.25, 0.3) is 0 Å². The van der Waals surface area contributed by atoms with Crippen LogP contribution in [0.5, 0.6) is 5.75 Å². The van der Waals surface area contributed by atoms with Crippen LogP contribution in [-0.4, -0.2) is 41.7 Å². The molecule has 0 saturated carbocycles. The van der Waals surface area contributed by atoms with E-state index >= 15 is 0 Å². The van der Waals surface area contributed by atoms with Crippen molar-refractivity contribution in [3.05, 3.63) is 50.7 Å². The summed E-state index contributed by atoms with van der Waals surface area (Å²) in [6.45, 7) is 11.2. The van der Waals surface area contributed by atoms with Crippen molar-refractivity contribution in [1.82, 2.24) is 14.9 Å². The second kappa shape index (κ2) is 11.4. The Balaban J connectivity index is 2.10. The molecule has 0 aliphatic heterocycles. The molecule has 0 unspecified atom stereocenters. The number of H-pyrrole nitrogens is 1. The minimum absolute atomic E-state index is 0.0597. The average Bonchev–Trinajstić information content (AvgIpc) is 2.67. The molecule has 2 rings (SSSR count). The highest BCUT2D eigenvalue weighted by Gasteiger charge is 2.22. The van der Waals surface area contributed by atoms with Crippen LogP contribution in [0, 0.1) is 18.8 Å². The fourth-order valence-electron chi connectivity index (χ4n) is 3.40. The first-order valence-electron chi connectivity index (χ1n) is 10.9. The van der Waals surface area contributed by atoms with E-state index in [1.807, 2.05) is 58.9 Å². The highest BCUT2D eigenvalue weighted by molar-refractivity contribution is 5.82. The Bertz CT molecular complexity index is 1030. The molecule has 4 N–H and O–H groups in total. The minimum atomic E-state index is -0.594. The number of aryl methyl sites for hydroxylation is 1. The summed E-state index contributed by atoms with van der Waals surface area (Å²) in [5.41, 5.74) is 6.33. The second-order valence-electron chi connectivity index (χ2n) is 8.79. The normalized spacial score (nSPS) is 11.1. The van der Waals surface area contributed by atoms with Gasteiger partial charge in [-0.3, -0.25) is 19.1 Å². The number of carbonyl (C=O) groups is 1. The first-order valence-corrected chi connectivity index (χ1v) is 10.9. The van der Waals surface area contributed by atoms with Crippen molar-refractivity contribution in [2.45, 2.75) is 41.2 Å². The van der Waals surface area contributed by atoms with Crippen molar-refractivity contribution in [3.8, 4) is 5.75 Å². The number of nitrogen functional groups attached to an aromatic ring is 1. The Labute approximate surface area is 188 Å². The molecule has 0 bridgehead atoms. The maximum atomic E-state index is 12.6. The van der Waals surface area contributed by atoms with Crippen molar-refractivity contribution in [2.24, 2.45) is 11.8 Å². The number of carbonyl (C=O) groups excluding carboxylic acids is 1. The lowest BCUT2D eigenvalue weighted by Gasteiger charge is -2.27. The van der Waals surface area contributed by atoms with E-state index in [1.165, 1.54) is 4.57 Å². The number of amides is 1. The largest absolute Gasteiger partial charge is 0.492 e. The van der Waals surface area contributed by atoms with Crippen LogP contribution in [0.15, 0.2) is 33.9 Å². The summed E-state index contributed by atoms with van der Waals surface area (Å²) in [5.74, 6) is 0.871. The smallest absolute Gasteiger partial charge is 0.330 e. The van der Waals surface area contributed by atoms with E-state index in [9.17, 15) is 14.4 Å². The number of nitrogens with one attached hydrogen (secondary N) is 2.